The third kappa shape index (κ3) is 6.83. The Kier molecular flexibility index (Phi) is 8.45. The summed E-state index contributed by atoms with van der Waals surface area (Å²) in [7, 11) is 3.57. The molecule has 0 radical (unpaired) electrons. The van der Waals surface area contributed by atoms with E-state index in [0.29, 0.717) is 6.10 Å². The molecule has 29 heavy (non-hydrogen) atoms. The van der Waals surface area contributed by atoms with Crippen molar-refractivity contribution in [2.75, 3.05) is 40.5 Å². The molecular weight excluding hydrogens is 368 g/mol. The van der Waals surface area contributed by atoms with Gasteiger partial charge in [-0.2, -0.15) is 5.10 Å². The average Bonchev–Trinajstić information content (AvgIpc) is 3.26. The summed E-state index contributed by atoms with van der Waals surface area (Å²) in [5.74, 6) is 0.949. The number of aromatic nitrogens is 3. The summed E-state index contributed by atoms with van der Waals surface area (Å²) in [4.78, 5) is 10.8. The summed E-state index contributed by atoms with van der Waals surface area (Å²) < 4.78 is 12.9. The van der Waals surface area contributed by atoms with Gasteiger partial charge in [-0.05, 0) is 30.4 Å². The molecular formula is C21H32N6O2. The fraction of sp³-hybridized carbons (Fsp3) is 0.571. The first kappa shape index (κ1) is 21.3. The quantitative estimate of drug-likeness (QED) is 0.394. The van der Waals surface area contributed by atoms with E-state index < -0.39 is 0 Å². The lowest BCUT2D eigenvalue weighted by atomic mass is 10.1. The second-order valence-corrected chi connectivity index (χ2v) is 7.22. The summed E-state index contributed by atoms with van der Waals surface area (Å²) in [5.41, 5.74) is 2.43. The van der Waals surface area contributed by atoms with Gasteiger partial charge in [-0.1, -0.05) is 24.3 Å². The van der Waals surface area contributed by atoms with Gasteiger partial charge in [0.15, 0.2) is 5.96 Å². The van der Waals surface area contributed by atoms with Crippen molar-refractivity contribution in [2.24, 2.45) is 4.99 Å². The lowest BCUT2D eigenvalue weighted by molar-refractivity contribution is 0.00989. The van der Waals surface area contributed by atoms with Gasteiger partial charge in [0, 0.05) is 47.0 Å². The maximum absolute atomic E-state index is 5.95. The number of nitrogens with zero attached hydrogens (tertiary/aromatic N) is 5. The first-order valence-corrected chi connectivity index (χ1v) is 10.2. The SMILES string of the molecule is CN=C(NCc1cccc(Cn2cncn2)c1)N1CCC(OCCCOC)CC1. The zero-order valence-electron chi connectivity index (χ0n) is 17.5. The lowest BCUT2D eigenvalue weighted by Crippen LogP contribution is -2.46. The number of nitrogens with one attached hydrogen (secondary N) is 1. The first-order valence-electron chi connectivity index (χ1n) is 10.2. The number of rotatable bonds is 9. The van der Waals surface area contributed by atoms with E-state index in [2.05, 4.69) is 49.6 Å². The van der Waals surface area contributed by atoms with Gasteiger partial charge >= 0.3 is 0 Å². The number of hydrogen-bond acceptors (Lipinski definition) is 5. The van der Waals surface area contributed by atoms with Gasteiger partial charge in [0.1, 0.15) is 12.7 Å². The number of guanidine groups is 1. The van der Waals surface area contributed by atoms with Crippen LogP contribution in [0.25, 0.3) is 0 Å². The van der Waals surface area contributed by atoms with Crippen molar-refractivity contribution in [3.63, 3.8) is 0 Å². The summed E-state index contributed by atoms with van der Waals surface area (Å²) >= 11 is 0. The van der Waals surface area contributed by atoms with Crippen LogP contribution in [0.5, 0.6) is 0 Å². The summed E-state index contributed by atoms with van der Waals surface area (Å²) in [5, 5.41) is 7.67. The molecule has 8 nitrogen and oxygen atoms in total. The fourth-order valence-corrected chi connectivity index (χ4v) is 3.54. The predicted molar refractivity (Wildman–Crippen MR) is 113 cm³/mol. The van der Waals surface area contributed by atoms with E-state index in [9.17, 15) is 0 Å². The van der Waals surface area contributed by atoms with Gasteiger partial charge in [0.05, 0.1) is 12.6 Å². The highest BCUT2D eigenvalue weighted by Gasteiger charge is 2.21. The molecule has 158 valence electrons. The zero-order valence-corrected chi connectivity index (χ0v) is 17.5. The molecule has 2 aromatic rings. The third-order valence-electron chi connectivity index (χ3n) is 5.05. The van der Waals surface area contributed by atoms with Crippen LogP contribution in [0, 0.1) is 0 Å². The predicted octanol–water partition coefficient (Wildman–Crippen LogP) is 1.92. The lowest BCUT2D eigenvalue weighted by Gasteiger charge is -2.34. The molecule has 1 aliphatic heterocycles. The molecule has 0 spiro atoms. The Labute approximate surface area is 172 Å². The third-order valence-corrected chi connectivity index (χ3v) is 5.05. The molecule has 1 aromatic heterocycles. The van der Waals surface area contributed by atoms with Crippen LogP contribution >= 0.6 is 0 Å². The van der Waals surface area contributed by atoms with E-state index in [1.54, 1.807) is 19.8 Å². The first-order chi connectivity index (χ1) is 14.3. The summed E-state index contributed by atoms with van der Waals surface area (Å²) in [6.07, 6.45) is 6.65. The van der Waals surface area contributed by atoms with Crippen molar-refractivity contribution in [1.29, 1.82) is 0 Å². The topological polar surface area (TPSA) is 76.8 Å². The molecule has 0 bridgehead atoms. The van der Waals surface area contributed by atoms with E-state index >= 15 is 0 Å². The maximum atomic E-state index is 5.95. The van der Waals surface area contributed by atoms with Crippen molar-refractivity contribution >= 4 is 5.96 Å². The van der Waals surface area contributed by atoms with Gasteiger partial charge in [0.2, 0.25) is 0 Å². The van der Waals surface area contributed by atoms with Crippen molar-refractivity contribution in [1.82, 2.24) is 25.0 Å². The molecule has 0 aliphatic carbocycles. The van der Waals surface area contributed by atoms with Gasteiger partial charge in [0.25, 0.3) is 0 Å². The van der Waals surface area contributed by atoms with E-state index in [-0.39, 0.29) is 0 Å². The molecule has 0 atom stereocenters. The summed E-state index contributed by atoms with van der Waals surface area (Å²) in [6, 6.07) is 8.52. The van der Waals surface area contributed by atoms with Crippen molar-refractivity contribution in [2.45, 2.75) is 38.5 Å². The highest BCUT2D eigenvalue weighted by Crippen LogP contribution is 2.14. The van der Waals surface area contributed by atoms with Crippen LogP contribution in [0.4, 0.5) is 0 Å². The van der Waals surface area contributed by atoms with Crippen LogP contribution in [-0.4, -0.2) is 72.2 Å². The number of piperidine rings is 1. The average molecular weight is 401 g/mol. The van der Waals surface area contributed by atoms with Gasteiger partial charge in [-0.3, -0.25) is 4.99 Å². The number of benzene rings is 1. The Balaban J connectivity index is 1.44. The largest absolute Gasteiger partial charge is 0.385 e. The van der Waals surface area contributed by atoms with Crippen LogP contribution < -0.4 is 5.32 Å². The molecule has 8 heteroatoms. The minimum absolute atomic E-state index is 0.342. The van der Waals surface area contributed by atoms with Crippen LogP contribution in [0.2, 0.25) is 0 Å². The second-order valence-electron chi connectivity index (χ2n) is 7.22. The Morgan fingerprint density at radius 2 is 2.07 bits per heavy atom. The monoisotopic (exact) mass is 400 g/mol. The highest BCUT2D eigenvalue weighted by atomic mass is 16.5. The van der Waals surface area contributed by atoms with E-state index in [1.165, 1.54) is 11.1 Å². The van der Waals surface area contributed by atoms with Crippen molar-refractivity contribution in [3.8, 4) is 0 Å². The molecule has 1 N–H and O–H groups in total. The molecule has 1 fully saturated rings. The van der Waals surface area contributed by atoms with E-state index in [4.69, 9.17) is 9.47 Å². The van der Waals surface area contributed by atoms with Crippen LogP contribution in [0.3, 0.4) is 0 Å². The van der Waals surface area contributed by atoms with Crippen molar-refractivity contribution < 1.29 is 9.47 Å². The number of aliphatic imine (C=N–C) groups is 1. The molecule has 0 unspecified atom stereocenters. The maximum Gasteiger partial charge on any atom is 0.193 e. The summed E-state index contributed by atoms with van der Waals surface area (Å²) in [6.45, 7) is 4.92. The molecule has 1 aromatic carbocycles. The standard InChI is InChI=1S/C21H32N6O2/c1-22-21(26-9-7-20(8-10-26)29-12-4-11-28-2)24-14-18-5-3-6-19(13-18)15-27-17-23-16-25-27/h3,5-6,13,16-17,20H,4,7-12,14-15H2,1-2H3,(H,22,24). The van der Waals surface area contributed by atoms with Crippen LogP contribution in [-0.2, 0) is 22.6 Å². The fourth-order valence-electron chi connectivity index (χ4n) is 3.54. The van der Waals surface area contributed by atoms with Gasteiger partial charge in [-0.25, -0.2) is 9.67 Å². The smallest absolute Gasteiger partial charge is 0.193 e. The highest BCUT2D eigenvalue weighted by molar-refractivity contribution is 5.79. The van der Waals surface area contributed by atoms with E-state index in [1.807, 2.05) is 11.7 Å². The Bertz CT molecular complexity index is 741. The molecule has 1 aliphatic rings. The minimum Gasteiger partial charge on any atom is -0.385 e. The Morgan fingerprint density at radius 1 is 1.24 bits per heavy atom. The zero-order chi connectivity index (χ0) is 20.3. The molecule has 1 saturated heterocycles. The normalized spacial score (nSPS) is 15.7. The van der Waals surface area contributed by atoms with Crippen LogP contribution in [0.15, 0.2) is 41.9 Å². The molecule has 2 heterocycles. The minimum atomic E-state index is 0.342. The second kappa shape index (κ2) is 11.5. The Morgan fingerprint density at radius 3 is 2.79 bits per heavy atom. The van der Waals surface area contributed by atoms with Crippen LogP contribution in [0.1, 0.15) is 30.4 Å². The number of hydrogen-bond donors (Lipinski definition) is 1. The molecule has 3 rings (SSSR count). The van der Waals surface area contributed by atoms with Gasteiger partial charge in [-0.15, -0.1) is 0 Å². The Hall–Kier alpha value is -2.45. The van der Waals surface area contributed by atoms with E-state index in [0.717, 1.165) is 64.6 Å². The number of likely N-dealkylation sites (tertiary alicyclic amines) is 1. The molecule has 0 amide bonds. The number of ether oxygens (including phenoxy) is 2. The molecule has 0 saturated carbocycles. The number of methoxy groups -OCH3 is 1. The van der Waals surface area contributed by atoms with Crippen molar-refractivity contribution in [3.05, 3.63) is 48.0 Å². The van der Waals surface area contributed by atoms with Gasteiger partial charge < -0.3 is 19.7 Å².